The second kappa shape index (κ2) is 10.7. The molecule has 0 unspecified atom stereocenters. The molecule has 2 amide bonds. The maximum atomic E-state index is 12.8. The predicted octanol–water partition coefficient (Wildman–Crippen LogP) is 1.69. The number of hydrogen-bond acceptors (Lipinski definition) is 7. The smallest absolute Gasteiger partial charge is 0.252 e. The van der Waals surface area contributed by atoms with E-state index in [1.54, 1.807) is 6.07 Å². The molecule has 3 aromatic rings. The summed E-state index contributed by atoms with van der Waals surface area (Å²) in [5.41, 5.74) is 0.948. The average Bonchev–Trinajstić information content (AvgIpc) is 2.81. The summed E-state index contributed by atoms with van der Waals surface area (Å²) in [6.07, 6.45) is 0.337. The lowest BCUT2D eigenvalue weighted by atomic mass is 10.1. The third-order valence-corrected chi connectivity index (χ3v) is 6.19. The first-order chi connectivity index (χ1) is 16.2. The Morgan fingerprint density at radius 1 is 0.853 bits per heavy atom. The van der Waals surface area contributed by atoms with Crippen LogP contribution in [0.15, 0.2) is 71.6 Å². The Bertz CT molecular complexity index is 1290. The zero-order valence-corrected chi connectivity index (χ0v) is 18.7. The van der Waals surface area contributed by atoms with E-state index in [4.69, 9.17) is 0 Å². The number of aromatic hydroxyl groups is 3. The predicted molar refractivity (Wildman–Crippen MR) is 124 cm³/mol. The van der Waals surface area contributed by atoms with E-state index in [1.807, 2.05) is 0 Å². The van der Waals surface area contributed by atoms with Gasteiger partial charge in [0.25, 0.3) is 5.91 Å². The van der Waals surface area contributed by atoms with E-state index in [0.29, 0.717) is 17.7 Å². The van der Waals surface area contributed by atoms with E-state index in [9.17, 15) is 33.3 Å². The molecule has 0 saturated heterocycles. The molecule has 34 heavy (non-hydrogen) atoms. The summed E-state index contributed by atoms with van der Waals surface area (Å²) in [4.78, 5) is 24.5. The molecule has 178 valence electrons. The van der Waals surface area contributed by atoms with Crippen molar-refractivity contribution in [1.82, 2.24) is 10.0 Å². The monoisotopic (exact) mass is 485 g/mol. The van der Waals surface area contributed by atoms with Crippen molar-refractivity contribution in [3.8, 4) is 17.2 Å². The lowest BCUT2D eigenvalue weighted by molar-refractivity contribution is -0.115. The van der Waals surface area contributed by atoms with Gasteiger partial charge < -0.3 is 26.0 Å². The summed E-state index contributed by atoms with van der Waals surface area (Å²) in [5, 5.41) is 33.3. The first-order valence-corrected chi connectivity index (χ1v) is 11.6. The Morgan fingerprint density at radius 3 is 2.26 bits per heavy atom. The highest BCUT2D eigenvalue weighted by Gasteiger charge is 2.22. The number of hydrogen-bond donors (Lipinski definition) is 6. The Labute approximate surface area is 195 Å². The number of rotatable bonds is 9. The van der Waals surface area contributed by atoms with Gasteiger partial charge >= 0.3 is 0 Å². The number of amides is 2. The molecule has 0 heterocycles. The van der Waals surface area contributed by atoms with Crippen molar-refractivity contribution in [2.75, 3.05) is 18.4 Å². The standard InChI is InChI=1S/C23H23N3O7S/c27-17-8-6-16(7-9-17)26-22(30)14-25-34(32,33)21-4-2-1-3-18(21)23(31)24-12-11-15-5-10-19(28)20(29)13-15/h1-10,13,25,27-29H,11-12,14H2,(H,24,31)(H,26,30). The van der Waals surface area contributed by atoms with Gasteiger partial charge in [-0.15, -0.1) is 0 Å². The molecule has 6 N–H and O–H groups in total. The topological polar surface area (TPSA) is 165 Å². The fourth-order valence-corrected chi connectivity index (χ4v) is 4.20. The molecule has 0 aliphatic heterocycles. The van der Waals surface area contributed by atoms with E-state index in [-0.39, 0.29) is 34.3 Å². The lowest BCUT2D eigenvalue weighted by Crippen LogP contribution is -2.34. The van der Waals surface area contributed by atoms with Crippen molar-refractivity contribution in [3.63, 3.8) is 0 Å². The Balaban J connectivity index is 1.61. The normalized spacial score (nSPS) is 11.1. The van der Waals surface area contributed by atoms with Gasteiger partial charge in [0.2, 0.25) is 15.9 Å². The Morgan fingerprint density at radius 2 is 1.56 bits per heavy atom. The minimum Gasteiger partial charge on any atom is -0.508 e. The number of benzene rings is 3. The molecule has 10 nitrogen and oxygen atoms in total. The summed E-state index contributed by atoms with van der Waals surface area (Å²) in [5.74, 6) is -1.77. The van der Waals surface area contributed by atoms with Crippen LogP contribution < -0.4 is 15.4 Å². The Kier molecular flexibility index (Phi) is 7.71. The molecular weight excluding hydrogens is 462 g/mol. The number of carbonyl (C=O) groups excluding carboxylic acids is 2. The van der Waals surface area contributed by atoms with E-state index in [0.717, 1.165) is 0 Å². The van der Waals surface area contributed by atoms with Gasteiger partial charge in [0.05, 0.1) is 17.0 Å². The fraction of sp³-hybridized carbons (Fsp3) is 0.130. The van der Waals surface area contributed by atoms with Gasteiger partial charge in [-0.3, -0.25) is 9.59 Å². The number of nitrogens with one attached hydrogen (secondary N) is 3. The Hall–Kier alpha value is -4.09. The van der Waals surface area contributed by atoms with Crippen LogP contribution in [0, 0.1) is 0 Å². The molecular formula is C23H23N3O7S. The molecule has 0 aliphatic carbocycles. The highest BCUT2D eigenvalue weighted by Crippen LogP contribution is 2.25. The van der Waals surface area contributed by atoms with E-state index < -0.39 is 28.4 Å². The van der Waals surface area contributed by atoms with Gasteiger partial charge in [-0.2, -0.15) is 0 Å². The number of phenols is 3. The quantitative estimate of drug-likeness (QED) is 0.198. The van der Waals surface area contributed by atoms with Crippen LogP contribution in [0.1, 0.15) is 15.9 Å². The molecule has 0 radical (unpaired) electrons. The highest BCUT2D eigenvalue weighted by molar-refractivity contribution is 7.89. The molecule has 0 aliphatic rings. The summed E-state index contributed by atoms with van der Waals surface area (Å²) >= 11 is 0. The van der Waals surface area contributed by atoms with E-state index >= 15 is 0 Å². The number of anilines is 1. The summed E-state index contributed by atoms with van der Waals surface area (Å²) in [6.45, 7) is -0.413. The molecule has 0 fully saturated rings. The zero-order chi connectivity index (χ0) is 24.7. The third-order valence-electron chi connectivity index (χ3n) is 4.73. The molecule has 0 spiro atoms. The van der Waals surface area contributed by atoms with Gasteiger partial charge in [0.1, 0.15) is 5.75 Å². The van der Waals surface area contributed by atoms with Crippen molar-refractivity contribution in [2.45, 2.75) is 11.3 Å². The first kappa shape index (κ1) is 24.6. The van der Waals surface area contributed by atoms with E-state index in [2.05, 4.69) is 15.4 Å². The molecule has 11 heteroatoms. The first-order valence-electron chi connectivity index (χ1n) is 10.1. The fourth-order valence-electron chi connectivity index (χ4n) is 3.02. The lowest BCUT2D eigenvalue weighted by Gasteiger charge is -2.12. The van der Waals surface area contributed by atoms with Crippen molar-refractivity contribution in [2.24, 2.45) is 0 Å². The van der Waals surface area contributed by atoms with Gasteiger partial charge in [-0.25, -0.2) is 13.1 Å². The van der Waals surface area contributed by atoms with Crippen molar-refractivity contribution in [3.05, 3.63) is 77.9 Å². The second-order valence-corrected chi connectivity index (χ2v) is 8.98. The highest BCUT2D eigenvalue weighted by atomic mass is 32.2. The molecule has 3 rings (SSSR count). The van der Waals surface area contributed by atoms with Crippen LogP contribution in [-0.4, -0.2) is 48.6 Å². The maximum Gasteiger partial charge on any atom is 0.252 e. The van der Waals surface area contributed by atoms with E-state index in [1.165, 1.54) is 60.7 Å². The maximum absolute atomic E-state index is 12.8. The average molecular weight is 486 g/mol. The minimum absolute atomic E-state index is 0.0230. The van der Waals surface area contributed by atoms with Crippen LogP contribution in [0.3, 0.4) is 0 Å². The van der Waals surface area contributed by atoms with Gasteiger partial charge in [-0.1, -0.05) is 18.2 Å². The summed E-state index contributed by atoms with van der Waals surface area (Å²) in [6, 6.07) is 15.5. The SMILES string of the molecule is O=C(CNS(=O)(=O)c1ccccc1C(=O)NCCc1ccc(O)c(O)c1)Nc1ccc(O)cc1. The van der Waals surface area contributed by atoms with Crippen molar-refractivity contribution < 1.29 is 33.3 Å². The van der Waals surface area contributed by atoms with Gasteiger partial charge in [0.15, 0.2) is 11.5 Å². The third kappa shape index (κ3) is 6.47. The van der Waals surface area contributed by atoms with Crippen LogP contribution >= 0.6 is 0 Å². The van der Waals surface area contributed by atoms with Crippen LogP contribution in [-0.2, 0) is 21.2 Å². The number of sulfonamides is 1. The molecule has 0 saturated carbocycles. The summed E-state index contributed by atoms with van der Waals surface area (Å²) < 4.78 is 27.7. The largest absolute Gasteiger partial charge is 0.508 e. The van der Waals surface area contributed by atoms with Crippen LogP contribution in [0.5, 0.6) is 17.2 Å². The molecule has 0 bridgehead atoms. The number of phenolic OH excluding ortho intramolecular Hbond substituents is 3. The zero-order valence-electron chi connectivity index (χ0n) is 17.9. The number of carbonyl (C=O) groups is 2. The molecule has 0 atom stereocenters. The van der Waals surface area contributed by atoms with Crippen molar-refractivity contribution in [1.29, 1.82) is 0 Å². The molecule has 0 aromatic heterocycles. The van der Waals surface area contributed by atoms with Crippen LogP contribution in [0.25, 0.3) is 0 Å². The van der Waals surface area contributed by atoms with Crippen molar-refractivity contribution >= 4 is 27.5 Å². The second-order valence-electron chi connectivity index (χ2n) is 7.24. The molecule has 3 aromatic carbocycles. The van der Waals surface area contributed by atoms with Crippen LogP contribution in [0.4, 0.5) is 5.69 Å². The summed E-state index contributed by atoms with van der Waals surface area (Å²) in [7, 11) is -4.19. The van der Waals surface area contributed by atoms with Crippen LogP contribution in [0.2, 0.25) is 0 Å². The van der Waals surface area contributed by atoms with Gasteiger partial charge in [-0.05, 0) is 60.5 Å². The van der Waals surface area contributed by atoms with Gasteiger partial charge in [0, 0.05) is 12.2 Å². The minimum atomic E-state index is -4.19.